The van der Waals surface area contributed by atoms with E-state index in [2.05, 4.69) is 10.2 Å². The second-order valence-electron chi connectivity index (χ2n) is 5.28. The molecule has 1 amide bonds. The Balaban J connectivity index is 2.28. The molecule has 2 aromatic carbocycles. The molecule has 0 saturated carbocycles. The summed E-state index contributed by atoms with van der Waals surface area (Å²) in [5.74, 6) is -0.0000435. The third-order valence-electron chi connectivity index (χ3n) is 3.98. The molecule has 1 aromatic heterocycles. The smallest absolute Gasteiger partial charge is 0.256 e. The molecule has 0 fully saturated rings. The Labute approximate surface area is 135 Å². The third kappa shape index (κ3) is 2.80. The van der Waals surface area contributed by atoms with E-state index in [1.807, 2.05) is 73.3 Å². The monoisotopic (exact) mass is 305 g/mol. The van der Waals surface area contributed by atoms with Gasteiger partial charge in [-0.05, 0) is 19.9 Å². The zero-order valence-corrected chi connectivity index (χ0v) is 13.4. The van der Waals surface area contributed by atoms with Gasteiger partial charge in [0.15, 0.2) is 0 Å². The molecule has 3 aromatic rings. The summed E-state index contributed by atoms with van der Waals surface area (Å²) in [4.78, 5) is 14.9. The summed E-state index contributed by atoms with van der Waals surface area (Å²) in [6, 6.07) is 17.4. The highest BCUT2D eigenvalue weighted by Crippen LogP contribution is 2.28. The van der Waals surface area contributed by atoms with Crippen LogP contribution in [0.3, 0.4) is 0 Å². The molecule has 0 aliphatic rings. The lowest BCUT2D eigenvalue weighted by Crippen LogP contribution is -2.31. The minimum absolute atomic E-state index is 0.0000435. The Morgan fingerprint density at radius 3 is 2.26 bits per heavy atom. The first-order valence-corrected chi connectivity index (χ1v) is 7.86. The highest BCUT2D eigenvalue weighted by Gasteiger charge is 2.22. The van der Waals surface area contributed by atoms with E-state index in [1.54, 1.807) is 0 Å². The van der Waals surface area contributed by atoms with Crippen LogP contribution in [0.2, 0.25) is 0 Å². The van der Waals surface area contributed by atoms with Gasteiger partial charge in [0.1, 0.15) is 5.69 Å². The number of benzene rings is 2. The summed E-state index contributed by atoms with van der Waals surface area (Å²) < 4.78 is 0. The fraction of sp³-hybridized carbons (Fsp3) is 0.211. The number of carbonyl (C=O) groups excluding carboxylic acids is 1. The average molecular weight is 305 g/mol. The molecule has 1 heterocycles. The van der Waals surface area contributed by atoms with Crippen molar-refractivity contribution < 1.29 is 4.79 Å². The number of carbonyl (C=O) groups is 1. The molecule has 4 heteroatoms. The largest absolute Gasteiger partial charge is 0.339 e. The Bertz CT molecular complexity index is 826. The van der Waals surface area contributed by atoms with Crippen LogP contribution in [0.15, 0.2) is 54.6 Å². The molecule has 0 unspecified atom stereocenters. The first-order chi connectivity index (χ1) is 11.3. The Morgan fingerprint density at radius 2 is 1.57 bits per heavy atom. The van der Waals surface area contributed by atoms with Crippen LogP contribution in [-0.2, 0) is 0 Å². The van der Waals surface area contributed by atoms with Crippen molar-refractivity contribution in [3.63, 3.8) is 0 Å². The Hall–Kier alpha value is -2.75. The fourth-order valence-electron chi connectivity index (χ4n) is 2.74. The van der Waals surface area contributed by atoms with E-state index in [-0.39, 0.29) is 5.91 Å². The van der Waals surface area contributed by atoms with Crippen LogP contribution in [0.5, 0.6) is 0 Å². The lowest BCUT2D eigenvalue weighted by molar-refractivity contribution is 0.0775. The van der Waals surface area contributed by atoms with Crippen LogP contribution in [0.25, 0.3) is 22.2 Å². The van der Waals surface area contributed by atoms with Crippen molar-refractivity contribution in [2.24, 2.45) is 0 Å². The van der Waals surface area contributed by atoms with Crippen molar-refractivity contribution in [1.82, 2.24) is 15.1 Å². The van der Waals surface area contributed by atoms with Gasteiger partial charge in [-0.2, -0.15) is 0 Å². The maximum Gasteiger partial charge on any atom is 0.256 e. The summed E-state index contributed by atoms with van der Waals surface area (Å²) >= 11 is 0. The van der Waals surface area contributed by atoms with Crippen LogP contribution in [0, 0.1) is 0 Å². The number of hydrogen-bond donors (Lipinski definition) is 0. The molecule has 3 rings (SSSR count). The van der Waals surface area contributed by atoms with Gasteiger partial charge >= 0.3 is 0 Å². The van der Waals surface area contributed by atoms with Gasteiger partial charge in [-0.1, -0.05) is 48.5 Å². The number of aromatic nitrogens is 2. The Morgan fingerprint density at radius 1 is 0.913 bits per heavy atom. The van der Waals surface area contributed by atoms with Gasteiger partial charge in [0.25, 0.3) is 5.91 Å². The second kappa shape index (κ2) is 6.57. The van der Waals surface area contributed by atoms with Crippen molar-refractivity contribution in [1.29, 1.82) is 0 Å². The normalized spacial score (nSPS) is 10.7. The molecule has 0 atom stereocenters. The first-order valence-electron chi connectivity index (χ1n) is 7.86. The van der Waals surface area contributed by atoms with Crippen molar-refractivity contribution in [2.75, 3.05) is 13.1 Å². The molecule has 116 valence electrons. The molecule has 0 aliphatic carbocycles. The van der Waals surface area contributed by atoms with Crippen LogP contribution >= 0.6 is 0 Å². The molecule has 23 heavy (non-hydrogen) atoms. The minimum atomic E-state index is -0.0000435. The summed E-state index contributed by atoms with van der Waals surface area (Å²) in [6.07, 6.45) is 0. The van der Waals surface area contributed by atoms with Crippen molar-refractivity contribution in [2.45, 2.75) is 13.8 Å². The van der Waals surface area contributed by atoms with Crippen molar-refractivity contribution >= 4 is 16.8 Å². The van der Waals surface area contributed by atoms with Crippen molar-refractivity contribution in [3.8, 4) is 11.3 Å². The first kappa shape index (κ1) is 15.2. The maximum absolute atomic E-state index is 13.1. The van der Waals surface area contributed by atoms with Gasteiger partial charge in [-0.3, -0.25) is 4.79 Å². The SMILES string of the molecule is CCN(CC)C(=O)c1c(-c2ccccc2)nnc2ccccc12. The van der Waals surface area contributed by atoms with Gasteiger partial charge in [-0.15, -0.1) is 10.2 Å². The zero-order chi connectivity index (χ0) is 16.2. The van der Waals surface area contributed by atoms with E-state index in [0.29, 0.717) is 24.3 Å². The molecule has 0 N–H and O–H groups in total. The number of rotatable bonds is 4. The van der Waals surface area contributed by atoms with Gasteiger partial charge in [0.05, 0.1) is 11.1 Å². The molecule has 4 nitrogen and oxygen atoms in total. The van der Waals surface area contributed by atoms with Gasteiger partial charge in [0, 0.05) is 24.0 Å². The number of nitrogens with zero attached hydrogens (tertiary/aromatic N) is 3. The van der Waals surface area contributed by atoms with E-state index >= 15 is 0 Å². The Kier molecular flexibility index (Phi) is 4.33. The van der Waals surface area contributed by atoms with E-state index in [9.17, 15) is 4.79 Å². The van der Waals surface area contributed by atoms with E-state index < -0.39 is 0 Å². The van der Waals surface area contributed by atoms with E-state index in [1.165, 1.54) is 0 Å². The van der Waals surface area contributed by atoms with E-state index in [4.69, 9.17) is 0 Å². The molecule has 0 spiro atoms. The number of hydrogen-bond acceptors (Lipinski definition) is 3. The number of amides is 1. The van der Waals surface area contributed by atoms with Crippen LogP contribution < -0.4 is 0 Å². The lowest BCUT2D eigenvalue weighted by Gasteiger charge is -2.21. The molecule has 0 radical (unpaired) electrons. The third-order valence-corrected chi connectivity index (χ3v) is 3.98. The second-order valence-corrected chi connectivity index (χ2v) is 5.28. The van der Waals surface area contributed by atoms with Crippen LogP contribution in [0.1, 0.15) is 24.2 Å². The number of fused-ring (bicyclic) bond motifs is 1. The fourth-order valence-corrected chi connectivity index (χ4v) is 2.74. The summed E-state index contributed by atoms with van der Waals surface area (Å²) in [5, 5.41) is 9.49. The minimum Gasteiger partial charge on any atom is -0.339 e. The standard InChI is InChI=1S/C19H19N3O/c1-3-22(4-2)19(23)17-15-12-8-9-13-16(15)20-21-18(17)14-10-6-5-7-11-14/h5-13H,3-4H2,1-2H3. The van der Waals surface area contributed by atoms with Crippen LogP contribution in [-0.4, -0.2) is 34.1 Å². The molecular weight excluding hydrogens is 286 g/mol. The predicted molar refractivity (Wildman–Crippen MR) is 92.2 cm³/mol. The molecular formula is C19H19N3O. The molecule has 0 bridgehead atoms. The highest BCUT2D eigenvalue weighted by atomic mass is 16.2. The van der Waals surface area contributed by atoms with Crippen LogP contribution in [0.4, 0.5) is 0 Å². The summed E-state index contributed by atoms with van der Waals surface area (Å²) in [6.45, 7) is 5.31. The molecule has 0 saturated heterocycles. The van der Waals surface area contributed by atoms with Gasteiger partial charge in [0.2, 0.25) is 0 Å². The molecule has 0 aliphatic heterocycles. The van der Waals surface area contributed by atoms with Gasteiger partial charge < -0.3 is 4.90 Å². The average Bonchev–Trinajstić information content (AvgIpc) is 2.62. The summed E-state index contributed by atoms with van der Waals surface area (Å²) in [5.41, 5.74) is 2.91. The topological polar surface area (TPSA) is 46.1 Å². The maximum atomic E-state index is 13.1. The quantitative estimate of drug-likeness (QED) is 0.737. The lowest BCUT2D eigenvalue weighted by atomic mass is 10.0. The zero-order valence-electron chi connectivity index (χ0n) is 13.4. The highest BCUT2D eigenvalue weighted by molar-refractivity contribution is 6.10. The van der Waals surface area contributed by atoms with Crippen molar-refractivity contribution in [3.05, 3.63) is 60.2 Å². The predicted octanol–water partition coefficient (Wildman–Crippen LogP) is 3.78. The summed E-state index contributed by atoms with van der Waals surface area (Å²) in [7, 11) is 0. The van der Waals surface area contributed by atoms with Gasteiger partial charge in [-0.25, -0.2) is 0 Å². The van der Waals surface area contributed by atoms with E-state index in [0.717, 1.165) is 16.5 Å².